The van der Waals surface area contributed by atoms with Crippen LogP contribution in [0.15, 0.2) is 0 Å². The molecule has 1 saturated heterocycles. The highest BCUT2D eigenvalue weighted by Crippen LogP contribution is 2.23. The second kappa shape index (κ2) is 3.38. The van der Waals surface area contributed by atoms with Gasteiger partial charge in [-0.3, -0.25) is 14.3 Å². The summed E-state index contributed by atoms with van der Waals surface area (Å²) in [6.07, 6.45) is 0. The molecule has 2 N–H and O–H groups in total. The van der Waals surface area contributed by atoms with E-state index < -0.39 is 27.6 Å². The van der Waals surface area contributed by atoms with Crippen LogP contribution in [0.1, 0.15) is 20.8 Å². The maximum atomic E-state index is 11.6. The second-order valence-electron chi connectivity index (χ2n) is 3.95. The fourth-order valence-corrected chi connectivity index (χ4v) is 2.89. The minimum absolute atomic E-state index is 0.00922. The number of carboxylic acids is 1. The molecule has 0 spiro atoms. The summed E-state index contributed by atoms with van der Waals surface area (Å²) in [5, 5.41) is 11.9. The van der Waals surface area contributed by atoms with E-state index in [2.05, 4.69) is 5.32 Å². The van der Waals surface area contributed by atoms with Gasteiger partial charge in [0.15, 0.2) is 0 Å². The topological polar surface area (TPSA) is 66.4 Å². The molecule has 4 nitrogen and oxygen atoms in total. The van der Waals surface area contributed by atoms with Gasteiger partial charge >= 0.3 is 5.97 Å². The van der Waals surface area contributed by atoms with Crippen molar-refractivity contribution in [3.63, 3.8) is 0 Å². The SMILES string of the molecule is C[C@@H]1C[S@](=O)C(C)(C)[C@H](C(=O)O)N1. The highest BCUT2D eigenvalue weighted by molar-refractivity contribution is 7.86. The standard InChI is InChI=1S/C8H15NO3S/c1-5-4-13(12)8(2,3)6(9-5)7(10)11/h5-6,9H,4H2,1-3H3,(H,10,11)/t5-,6+,13+/m1/s1. The molecular weight excluding hydrogens is 190 g/mol. The van der Waals surface area contributed by atoms with Gasteiger partial charge in [0.2, 0.25) is 0 Å². The lowest BCUT2D eigenvalue weighted by atomic mass is 10.0. The third-order valence-electron chi connectivity index (χ3n) is 2.38. The molecule has 0 radical (unpaired) electrons. The predicted molar refractivity (Wildman–Crippen MR) is 51.1 cm³/mol. The van der Waals surface area contributed by atoms with Crippen molar-refractivity contribution in [3.8, 4) is 0 Å². The molecular formula is C8H15NO3S. The molecule has 0 amide bonds. The van der Waals surface area contributed by atoms with E-state index in [1.165, 1.54) is 0 Å². The molecule has 13 heavy (non-hydrogen) atoms. The molecule has 1 rings (SSSR count). The zero-order valence-electron chi connectivity index (χ0n) is 8.03. The molecule has 0 unspecified atom stereocenters. The van der Waals surface area contributed by atoms with E-state index in [1.54, 1.807) is 13.8 Å². The molecule has 5 heteroatoms. The third-order valence-corrected chi connectivity index (χ3v) is 4.59. The number of hydrogen-bond acceptors (Lipinski definition) is 3. The largest absolute Gasteiger partial charge is 0.480 e. The van der Waals surface area contributed by atoms with Crippen molar-refractivity contribution < 1.29 is 14.1 Å². The van der Waals surface area contributed by atoms with E-state index in [0.717, 1.165) is 0 Å². The molecule has 1 aliphatic heterocycles. The molecule has 0 aromatic rings. The normalized spacial score (nSPS) is 38.5. The molecule has 76 valence electrons. The van der Waals surface area contributed by atoms with Gasteiger partial charge in [-0.15, -0.1) is 0 Å². The monoisotopic (exact) mass is 205 g/mol. The van der Waals surface area contributed by atoms with Crippen molar-refractivity contribution >= 4 is 16.8 Å². The molecule has 0 aromatic carbocycles. The number of hydrogen-bond donors (Lipinski definition) is 2. The highest BCUT2D eigenvalue weighted by atomic mass is 32.2. The van der Waals surface area contributed by atoms with Crippen LogP contribution < -0.4 is 5.32 Å². The second-order valence-corrected chi connectivity index (χ2v) is 6.03. The maximum Gasteiger partial charge on any atom is 0.322 e. The predicted octanol–water partition coefficient (Wildman–Crippen LogP) is -0.0414. The van der Waals surface area contributed by atoms with Crippen LogP contribution in [-0.4, -0.2) is 37.9 Å². The van der Waals surface area contributed by atoms with Crippen LogP contribution >= 0.6 is 0 Å². The van der Waals surface area contributed by atoms with Crippen LogP contribution in [0.25, 0.3) is 0 Å². The average Bonchev–Trinajstić information content (AvgIpc) is 1.96. The number of nitrogens with one attached hydrogen (secondary N) is 1. The van der Waals surface area contributed by atoms with Gasteiger partial charge in [-0.2, -0.15) is 0 Å². The molecule has 3 atom stereocenters. The molecule has 0 aromatic heterocycles. The zero-order chi connectivity index (χ0) is 10.2. The molecule has 1 heterocycles. The summed E-state index contributed by atoms with van der Waals surface area (Å²) in [6.45, 7) is 5.30. The smallest absolute Gasteiger partial charge is 0.322 e. The molecule has 0 aliphatic carbocycles. The van der Waals surface area contributed by atoms with E-state index >= 15 is 0 Å². The average molecular weight is 205 g/mol. The quantitative estimate of drug-likeness (QED) is 0.630. The summed E-state index contributed by atoms with van der Waals surface area (Å²) in [5.41, 5.74) is 0. The Kier molecular flexibility index (Phi) is 2.77. The van der Waals surface area contributed by atoms with Crippen LogP contribution in [0.2, 0.25) is 0 Å². The van der Waals surface area contributed by atoms with Gasteiger partial charge < -0.3 is 5.11 Å². The Morgan fingerprint density at radius 3 is 2.62 bits per heavy atom. The van der Waals surface area contributed by atoms with Gasteiger partial charge in [0.05, 0.1) is 4.75 Å². The first-order valence-electron chi connectivity index (χ1n) is 4.23. The van der Waals surface area contributed by atoms with E-state index in [4.69, 9.17) is 5.11 Å². The fourth-order valence-electron chi connectivity index (χ4n) is 1.48. The van der Waals surface area contributed by atoms with E-state index in [0.29, 0.717) is 5.75 Å². The van der Waals surface area contributed by atoms with Gasteiger partial charge in [0.25, 0.3) is 0 Å². The first-order valence-corrected chi connectivity index (χ1v) is 5.55. The van der Waals surface area contributed by atoms with E-state index in [-0.39, 0.29) is 6.04 Å². The van der Waals surface area contributed by atoms with Crippen molar-refractivity contribution in [2.75, 3.05) is 5.75 Å². The summed E-state index contributed by atoms with van der Waals surface area (Å²) in [5.74, 6) is -0.401. The molecule has 0 saturated carbocycles. The first-order chi connectivity index (χ1) is 5.85. The molecule has 1 aliphatic rings. The Morgan fingerprint density at radius 2 is 2.15 bits per heavy atom. The number of rotatable bonds is 1. The zero-order valence-corrected chi connectivity index (χ0v) is 8.85. The van der Waals surface area contributed by atoms with Crippen molar-refractivity contribution in [3.05, 3.63) is 0 Å². The highest BCUT2D eigenvalue weighted by Gasteiger charge is 2.44. The molecule has 0 bridgehead atoms. The Morgan fingerprint density at radius 1 is 1.62 bits per heavy atom. The van der Waals surface area contributed by atoms with Gasteiger partial charge in [0, 0.05) is 22.6 Å². The Balaban J connectivity index is 2.92. The van der Waals surface area contributed by atoms with Crippen molar-refractivity contribution in [2.24, 2.45) is 0 Å². The third kappa shape index (κ3) is 1.91. The van der Waals surface area contributed by atoms with Gasteiger partial charge in [-0.1, -0.05) is 0 Å². The minimum atomic E-state index is -1.07. The summed E-state index contributed by atoms with van der Waals surface area (Å²) >= 11 is 0. The number of aliphatic carboxylic acids is 1. The van der Waals surface area contributed by atoms with E-state index in [9.17, 15) is 9.00 Å². The van der Waals surface area contributed by atoms with Crippen LogP contribution in [0, 0.1) is 0 Å². The van der Waals surface area contributed by atoms with Gasteiger partial charge in [-0.05, 0) is 20.8 Å². The number of carboxylic acid groups (broad SMARTS) is 1. The Hall–Kier alpha value is -0.420. The minimum Gasteiger partial charge on any atom is -0.480 e. The van der Waals surface area contributed by atoms with E-state index in [1.807, 2.05) is 6.92 Å². The fraction of sp³-hybridized carbons (Fsp3) is 0.875. The van der Waals surface area contributed by atoms with Crippen LogP contribution in [0.4, 0.5) is 0 Å². The van der Waals surface area contributed by atoms with Crippen LogP contribution in [0.3, 0.4) is 0 Å². The lowest BCUT2D eigenvalue weighted by Gasteiger charge is -2.38. The van der Waals surface area contributed by atoms with Crippen molar-refractivity contribution in [1.29, 1.82) is 0 Å². The Bertz CT molecular complexity index is 252. The van der Waals surface area contributed by atoms with Crippen LogP contribution in [-0.2, 0) is 15.6 Å². The summed E-state index contributed by atoms with van der Waals surface area (Å²) in [6, 6.07) is -0.702. The maximum absolute atomic E-state index is 11.6. The summed E-state index contributed by atoms with van der Waals surface area (Å²) in [4.78, 5) is 10.9. The summed E-state index contributed by atoms with van der Waals surface area (Å²) < 4.78 is 11.0. The molecule has 1 fully saturated rings. The lowest BCUT2D eigenvalue weighted by molar-refractivity contribution is -0.140. The van der Waals surface area contributed by atoms with Gasteiger partial charge in [-0.25, -0.2) is 0 Å². The number of carbonyl (C=O) groups is 1. The summed E-state index contributed by atoms with van der Waals surface area (Å²) in [7, 11) is -1.07. The lowest BCUT2D eigenvalue weighted by Crippen LogP contribution is -2.62. The van der Waals surface area contributed by atoms with Crippen LogP contribution in [0.5, 0.6) is 0 Å². The van der Waals surface area contributed by atoms with Crippen molar-refractivity contribution in [1.82, 2.24) is 5.32 Å². The van der Waals surface area contributed by atoms with Crippen molar-refractivity contribution in [2.45, 2.75) is 37.6 Å². The van der Waals surface area contributed by atoms with Gasteiger partial charge in [0.1, 0.15) is 6.04 Å². The Labute approximate surface area is 80.2 Å². The first kappa shape index (κ1) is 10.7.